The third kappa shape index (κ3) is 6.94. The molecule has 0 saturated heterocycles. The van der Waals surface area contributed by atoms with Crippen LogP contribution in [0.2, 0.25) is 15.1 Å². The summed E-state index contributed by atoms with van der Waals surface area (Å²) in [4.78, 5) is 37.4. The number of carbonyl (C=O) groups excluding carboxylic acids is 3. The maximum Gasteiger partial charge on any atom is 0.408 e. The second-order valence-corrected chi connectivity index (χ2v) is 11.5. The van der Waals surface area contributed by atoms with Gasteiger partial charge in [0.2, 0.25) is 0 Å². The SMILES string of the molecule is CC(=O)SC(CC(=O)c1ccc(C(=O)OC(C)(C)C)c(C)c1)(c1cc(Cl)c(Cl)c(Cl)c1)C(F)(F)F. The van der Waals surface area contributed by atoms with E-state index < -0.39 is 45.4 Å². The van der Waals surface area contributed by atoms with Crippen LogP contribution in [0.3, 0.4) is 0 Å². The smallest absolute Gasteiger partial charge is 0.408 e. The lowest BCUT2D eigenvalue weighted by molar-refractivity contribution is -0.162. The highest BCUT2D eigenvalue weighted by atomic mass is 35.5. The topological polar surface area (TPSA) is 60.4 Å². The Morgan fingerprint density at radius 2 is 1.51 bits per heavy atom. The number of ether oxygens (including phenoxy) is 1. The van der Waals surface area contributed by atoms with Crippen molar-refractivity contribution in [2.75, 3.05) is 0 Å². The molecule has 0 radical (unpaired) electrons. The van der Waals surface area contributed by atoms with E-state index in [2.05, 4.69) is 0 Å². The summed E-state index contributed by atoms with van der Waals surface area (Å²) < 4.78 is 46.0. The molecule has 190 valence electrons. The molecule has 0 spiro atoms. The Labute approximate surface area is 220 Å². The third-order valence-corrected chi connectivity index (χ3v) is 7.25. The second-order valence-electron chi connectivity index (χ2n) is 8.80. The van der Waals surface area contributed by atoms with Crippen LogP contribution in [0, 0.1) is 6.92 Å². The number of thioether (sulfide) groups is 1. The number of carbonyl (C=O) groups is 3. The van der Waals surface area contributed by atoms with Gasteiger partial charge in [0.25, 0.3) is 0 Å². The fraction of sp³-hybridized carbons (Fsp3) is 0.375. The summed E-state index contributed by atoms with van der Waals surface area (Å²) in [5.41, 5.74) is -0.790. The Morgan fingerprint density at radius 1 is 0.971 bits per heavy atom. The minimum absolute atomic E-state index is 0.0473. The number of aryl methyl sites for hydroxylation is 1. The Kier molecular flexibility index (Phi) is 9.02. The van der Waals surface area contributed by atoms with Crippen LogP contribution in [0.5, 0.6) is 0 Å². The second kappa shape index (κ2) is 10.7. The van der Waals surface area contributed by atoms with Crippen molar-refractivity contribution in [3.63, 3.8) is 0 Å². The predicted octanol–water partition coefficient (Wildman–Crippen LogP) is 8.22. The van der Waals surface area contributed by atoms with Crippen LogP contribution >= 0.6 is 46.6 Å². The summed E-state index contributed by atoms with van der Waals surface area (Å²) in [5, 5.41) is -1.52. The van der Waals surface area contributed by atoms with Crippen molar-refractivity contribution >= 4 is 63.4 Å². The predicted molar refractivity (Wildman–Crippen MR) is 133 cm³/mol. The number of hydrogen-bond donors (Lipinski definition) is 0. The molecule has 0 amide bonds. The van der Waals surface area contributed by atoms with Crippen LogP contribution in [0.1, 0.15) is 66.0 Å². The van der Waals surface area contributed by atoms with Crippen molar-refractivity contribution in [2.24, 2.45) is 0 Å². The first-order valence-electron chi connectivity index (χ1n) is 10.2. The zero-order chi connectivity index (χ0) is 26.9. The van der Waals surface area contributed by atoms with E-state index in [1.54, 1.807) is 20.8 Å². The van der Waals surface area contributed by atoms with Gasteiger partial charge < -0.3 is 4.74 Å². The van der Waals surface area contributed by atoms with Crippen molar-refractivity contribution in [1.82, 2.24) is 0 Å². The van der Waals surface area contributed by atoms with Gasteiger partial charge in [0.1, 0.15) is 5.60 Å². The van der Waals surface area contributed by atoms with Gasteiger partial charge >= 0.3 is 12.1 Å². The van der Waals surface area contributed by atoms with Crippen LogP contribution in [0.15, 0.2) is 30.3 Å². The molecule has 0 N–H and O–H groups in total. The fourth-order valence-electron chi connectivity index (χ4n) is 3.28. The number of hydrogen-bond acceptors (Lipinski definition) is 5. The lowest BCUT2D eigenvalue weighted by atomic mass is 9.89. The molecule has 0 heterocycles. The quantitative estimate of drug-likeness (QED) is 0.199. The van der Waals surface area contributed by atoms with Crippen LogP contribution in [-0.4, -0.2) is 28.6 Å². The normalized spacial score (nSPS) is 13.8. The van der Waals surface area contributed by atoms with Crippen LogP contribution < -0.4 is 0 Å². The summed E-state index contributed by atoms with van der Waals surface area (Å²) in [5.74, 6) is -1.53. The highest BCUT2D eigenvalue weighted by Gasteiger charge is 2.58. The van der Waals surface area contributed by atoms with Gasteiger partial charge in [0.05, 0.1) is 20.6 Å². The van der Waals surface area contributed by atoms with E-state index in [1.807, 2.05) is 0 Å². The van der Waals surface area contributed by atoms with Gasteiger partial charge in [-0.15, -0.1) is 0 Å². The molecule has 2 aromatic carbocycles. The number of benzene rings is 2. The molecule has 35 heavy (non-hydrogen) atoms. The minimum atomic E-state index is -5.05. The average molecular weight is 570 g/mol. The number of Topliss-reactive ketones (excluding diaryl/α,β-unsaturated/α-hetero) is 1. The molecule has 0 aliphatic rings. The van der Waals surface area contributed by atoms with Crippen molar-refractivity contribution in [3.05, 3.63) is 67.7 Å². The van der Waals surface area contributed by atoms with E-state index in [9.17, 15) is 27.6 Å². The molecule has 1 atom stereocenters. The summed E-state index contributed by atoms with van der Waals surface area (Å²) >= 11 is 17.8. The first-order chi connectivity index (χ1) is 15.9. The average Bonchev–Trinajstić information content (AvgIpc) is 2.68. The van der Waals surface area contributed by atoms with Gasteiger partial charge in [-0.1, -0.05) is 52.6 Å². The Morgan fingerprint density at radius 3 is 1.94 bits per heavy atom. The highest BCUT2D eigenvalue weighted by Crippen LogP contribution is 2.54. The highest BCUT2D eigenvalue weighted by molar-refractivity contribution is 8.14. The molecular weight excluding hydrogens is 548 g/mol. The Balaban J connectivity index is 2.57. The number of halogens is 6. The monoisotopic (exact) mass is 568 g/mol. The van der Waals surface area contributed by atoms with Crippen LogP contribution in [0.4, 0.5) is 13.2 Å². The zero-order valence-electron chi connectivity index (χ0n) is 19.4. The van der Waals surface area contributed by atoms with E-state index in [1.165, 1.54) is 25.1 Å². The van der Waals surface area contributed by atoms with E-state index in [0.29, 0.717) is 5.56 Å². The van der Waals surface area contributed by atoms with Crippen LogP contribution in [0.25, 0.3) is 0 Å². The molecule has 1 unspecified atom stereocenters. The standard InChI is InChI=1S/C24H22Cl3F3O4S/c1-12-8-14(6-7-16(12)21(33)34-22(3,4)5)19(32)11-23(24(28,29)30,35-13(2)31)15-9-17(25)20(27)18(26)10-15/h6-10H,11H2,1-5H3. The molecule has 0 aliphatic carbocycles. The molecule has 11 heteroatoms. The summed E-state index contributed by atoms with van der Waals surface area (Å²) in [6.45, 7) is 7.58. The largest absolute Gasteiger partial charge is 0.456 e. The van der Waals surface area contributed by atoms with Gasteiger partial charge in [0.15, 0.2) is 15.6 Å². The molecule has 0 fully saturated rings. The molecule has 0 saturated carbocycles. The van der Waals surface area contributed by atoms with Crippen molar-refractivity contribution in [3.8, 4) is 0 Å². The number of rotatable bonds is 6. The molecule has 0 bridgehead atoms. The molecule has 2 aromatic rings. The van der Waals surface area contributed by atoms with E-state index >= 15 is 0 Å². The molecule has 0 aromatic heterocycles. The number of ketones is 1. The number of esters is 1. The number of alkyl halides is 3. The maximum absolute atomic E-state index is 14.6. The Hall–Kier alpha value is -1.74. The van der Waals surface area contributed by atoms with Gasteiger partial charge in [-0.05, 0) is 63.1 Å². The van der Waals surface area contributed by atoms with Gasteiger partial charge in [0, 0.05) is 18.9 Å². The van der Waals surface area contributed by atoms with Gasteiger partial charge in [-0.3, -0.25) is 9.59 Å². The lowest BCUT2D eigenvalue weighted by Crippen LogP contribution is -2.42. The maximum atomic E-state index is 14.6. The Bertz CT molecular complexity index is 1150. The third-order valence-electron chi connectivity index (χ3n) is 4.80. The van der Waals surface area contributed by atoms with E-state index in [-0.39, 0.29) is 38.0 Å². The summed E-state index contributed by atoms with van der Waals surface area (Å²) in [6, 6.07) is 5.77. The fourth-order valence-corrected chi connectivity index (χ4v) is 4.92. The first kappa shape index (κ1) is 29.5. The molecule has 0 aliphatic heterocycles. The summed E-state index contributed by atoms with van der Waals surface area (Å²) in [7, 11) is 0. The molecule has 2 rings (SSSR count). The van der Waals surface area contributed by atoms with Gasteiger partial charge in [-0.25, -0.2) is 4.79 Å². The van der Waals surface area contributed by atoms with Crippen LogP contribution in [-0.2, 0) is 14.3 Å². The lowest BCUT2D eigenvalue weighted by Gasteiger charge is -2.34. The van der Waals surface area contributed by atoms with Crippen molar-refractivity contribution in [1.29, 1.82) is 0 Å². The van der Waals surface area contributed by atoms with Crippen molar-refractivity contribution in [2.45, 2.75) is 57.6 Å². The molecule has 4 nitrogen and oxygen atoms in total. The first-order valence-corrected chi connectivity index (χ1v) is 12.1. The van der Waals surface area contributed by atoms with E-state index in [4.69, 9.17) is 39.5 Å². The minimum Gasteiger partial charge on any atom is -0.456 e. The van der Waals surface area contributed by atoms with Crippen molar-refractivity contribution < 1.29 is 32.3 Å². The zero-order valence-corrected chi connectivity index (χ0v) is 22.5. The molecular formula is C24H22Cl3F3O4S. The summed E-state index contributed by atoms with van der Waals surface area (Å²) in [6.07, 6.45) is -6.18. The van der Waals surface area contributed by atoms with Gasteiger partial charge in [-0.2, -0.15) is 13.2 Å². The van der Waals surface area contributed by atoms with E-state index in [0.717, 1.165) is 19.1 Å².